The molecule has 1 saturated heterocycles. The molecule has 0 aromatic rings. The lowest BCUT2D eigenvalue weighted by Gasteiger charge is -2.13. The van der Waals surface area contributed by atoms with Gasteiger partial charge in [-0.15, -0.1) is 0 Å². The molecule has 0 unspecified atom stereocenters. The lowest BCUT2D eigenvalue weighted by atomic mass is 10.1. The van der Waals surface area contributed by atoms with Gasteiger partial charge in [-0.1, -0.05) is 0 Å². The second-order valence-electron chi connectivity index (χ2n) is 3.03. The maximum absolute atomic E-state index is 11.1. The summed E-state index contributed by atoms with van der Waals surface area (Å²) < 4.78 is 0. The third-order valence-electron chi connectivity index (χ3n) is 2.22. The topological polar surface area (TPSA) is 102 Å². The maximum atomic E-state index is 11.1. The fraction of sp³-hybridized carbons (Fsp3) is 0.857. The molecule has 1 heterocycles. The SMILES string of the molecule is CNC(=O)[C@@H]1N[C@@H](CO)[C@@H](O)[C@H]1O. The first kappa shape index (κ1) is 10.4. The number of nitrogens with one attached hydrogen (secondary N) is 2. The van der Waals surface area contributed by atoms with Crippen molar-refractivity contribution < 1.29 is 20.1 Å². The third-order valence-corrected chi connectivity index (χ3v) is 2.22. The Morgan fingerprint density at radius 3 is 2.46 bits per heavy atom. The van der Waals surface area contributed by atoms with E-state index in [1.807, 2.05) is 0 Å². The highest BCUT2D eigenvalue weighted by atomic mass is 16.3. The minimum Gasteiger partial charge on any atom is -0.395 e. The van der Waals surface area contributed by atoms with Gasteiger partial charge < -0.3 is 20.6 Å². The molecule has 5 N–H and O–H groups in total. The molecule has 1 rings (SSSR count). The fourth-order valence-corrected chi connectivity index (χ4v) is 1.41. The van der Waals surface area contributed by atoms with Gasteiger partial charge in [0, 0.05) is 7.05 Å². The predicted molar refractivity (Wildman–Crippen MR) is 43.9 cm³/mol. The zero-order chi connectivity index (χ0) is 10.0. The average Bonchev–Trinajstić information content (AvgIpc) is 2.43. The van der Waals surface area contributed by atoms with E-state index in [0.29, 0.717) is 0 Å². The number of amides is 1. The standard InChI is InChI=1S/C7H14N2O4/c1-8-7(13)4-6(12)5(11)3(2-10)9-4/h3-6,9-12H,2H2,1H3,(H,8,13)/t3-,4+,5+,6-/m0/s1. The summed E-state index contributed by atoms with van der Waals surface area (Å²) in [6.45, 7) is -0.314. The summed E-state index contributed by atoms with van der Waals surface area (Å²) in [5, 5.41) is 32.4. The Labute approximate surface area is 75.6 Å². The van der Waals surface area contributed by atoms with Crippen LogP contribution in [0.25, 0.3) is 0 Å². The minimum atomic E-state index is -1.17. The van der Waals surface area contributed by atoms with Gasteiger partial charge >= 0.3 is 0 Å². The first-order valence-electron chi connectivity index (χ1n) is 4.06. The number of hydrogen-bond donors (Lipinski definition) is 5. The van der Waals surface area contributed by atoms with E-state index in [1.54, 1.807) is 0 Å². The zero-order valence-electron chi connectivity index (χ0n) is 7.27. The lowest BCUT2D eigenvalue weighted by molar-refractivity contribution is -0.125. The summed E-state index contributed by atoms with van der Waals surface area (Å²) in [5.74, 6) is -0.400. The molecule has 1 fully saturated rings. The van der Waals surface area contributed by atoms with Gasteiger partial charge in [0.1, 0.15) is 12.1 Å². The number of aliphatic hydroxyl groups excluding tert-OH is 3. The van der Waals surface area contributed by atoms with Crippen molar-refractivity contribution >= 4 is 5.91 Å². The summed E-state index contributed by atoms with van der Waals surface area (Å²) in [5.41, 5.74) is 0. The third kappa shape index (κ3) is 1.80. The summed E-state index contributed by atoms with van der Waals surface area (Å²) in [6, 6.07) is -1.49. The summed E-state index contributed by atoms with van der Waals surface area (Å²) in [7, 11) is 1.44. The van der Waals surface area contributed by atoms with Crippen LogP contribution in [0.3, 0.4) is 0 Å². The van der Waals surface area contributed by atoms with Crippen molar-refractivity contribution in [1.29, 1.82) is 0 Å². The van der Waals surface area contributed by atoms with Crippen LogP contribution in [0.1, 0.15) is 0 Å². The molecule has 0 saturated carbocycles. The van der Waals surface area contributed by atoms with Crippen molar-refractivity contribution in [2.24, 2.45) is 0 Å². The van der Waals surface area contributed by atoms with Gasteiger partial charge in [0.05, 0.1) is 18.8 Å². The lowest BCUT2D eigenvalue weighted by Crippen LogP contribution is -2.46. The van der Waals surface area contributed by atoms with Crippen LogP contribution in [0.15, 0.2) is 0 Å². The molecule has 0 aliphatic carbocycles. The summed E-state index contributed by atoms with van der Waals surface area (Å²) in [4.78, 5) is 11.1. The van der Waals surface area contributed by atoms with Crippen LogP contribution in [-0.2, 0) is 4.79 Å². The van der Waals surface area contributed by atoms with E-state index in [0.717, 1.165) is 0 Å². The molecule has 6 nitrogen and oxygen atoms in total. The van der Waals surface area contributed by atoms with Crippen molar-refractivity contribution in [3.8, 4) is 0 Å². The van der Waals surface area contributed by atoms with E-state index in [1.165, 1.54) is 7.05 Å². The molecule has 1 aliphatic rings. The van der Waals surface area contributed by atoms with Crippen molar-refractivity contribution in [3.05, 3.63) is 0 Å². The second-order valence-corrected chi connectivity index (χ2v) is 3.03. The number of likely N-dealkylation sites (N-methyl/N-ethyl adjacent to an activating group) is 1. The Morgan fingerprint density at radius 2 is 2.08 bits per heavy atom. The van der Waals surface area contributed by atoms with Gasteiger partial charge in [-0.2, -0.15) is 0 Å². The normalized spacial score (nSPS) is 39.1. The van der Waals surface area contributed by atoms with Crippen molar-refractivity contribution in [3.63, 3.8) is 0 Å². The molecular formula is C7H14N2O4. The minimum absolute atomic E-state index is 0.314. The Morgan fingerprint density at radius 1 is 1.46 bits per heavy atom. The van der Waals surface area contributed by atoms with Crippen molar-refractivity contribution in [2.75, 3.05) is 13.7 Å². The molecule has 6 heteroatoms. The molecule has 76 valence electrons. The van der Waals surface area contributed by atoms with E-state index in [2.05, 4.69) is 10.6 Å². The Hall–Kier alpha value is -0.690. The van der Waals surface area contributed by atoms with Gasteiger partial charge in [-0.25, -0.2) is 0 Å². The van der Waals surface area contributed by atoms with Gasteiger partial charge in [0.2, 0.25) is 5.91 Å². The van der Waals surface area contributed by atoms with Crippen LogP contribution in [0.5, 0.6) is 0 Å². The van der Waals surface area contributed by atoms with Gasteiger partial charge in [0.15, 0.2) is 0 Å². The fourth-order valence-electron chi connectivity index (χ4n) is 1.41. The summed E-state index contributed by atoms with van der Waals surface area (Å²) >= 11 is 0. The number of rotatable bonds is 2. The van der Waals surface area contributed by atoms with E-state index in [9.17, 15) is 15.0 Å². The largest absolute Gasteiger partial charge is 0.395 e. The van der Waals surface area contributed by atoms with E-state index >= 15 is 0 Å². The van der Waals surface area contributed by atoms with E-state index in [4.69, 9.17) is 5.11 Å². The van der Waals surface area contributed by atoms with E-state index < -0.39 is 30.2 Å². The smallest absolute Gasteiger partial charge is 0.239 e. The van der Waals surface area contributed by atoms with Gasteiger partial charge in [-0.3, -0.25) is 10.1 Å². The molecule has 1 amide bonds. The first-order chi connectivity index (χ1) is 6.11. The monoisotopic (exact) mass is 190 g/mol. The maximum Gasteiger partial charge on any atom is 0.239 e. The average molecular weight is 190 g/mol. The molecule has 13 heavy (non-hydrogen) atoms. The van der Waals surface area contributed by atoms with Crippen LogP contribution in [0.2, 0.25) is 0 Å². The van der Waals surface area contributed by atoms with Crippen LogP contribution in [0.4, 0.5) is 0 Å². The Bertz CT molecular complexity index is 199. The molecule has 1 aliphatic heterocycles. The summed E-state index contributed by atoms with van der Waals surface area (Å²) in [6.07, 6.45) is -2.27. The van der Waals surface area contributed by atoms with Gasteiger partial charge in [-0.05, 0) is 0 Å². The molecule has 0 aromatic heterocycles. The van der Waals surface area contributed by atoms with Crippen molar-refractivity contribution in [1.82, 2.24) is 10.6 Å². The molecular weight excluding hydrogens is 176 g/mol. The molecule has 4 atom stereocenters. The number of carbonyl (C=O) groups excluding carboxylic acids is 1. The highest BCUT2D eigenvalue weighted by molar-refractivity contribution is 5.82. The van der Waals surface area contributed by atoms with Crippen molar-refractivity contribution in [2.45, 2.75) is 24.3 Å². The number of hydrogen-bond acceptors (Lipinski definition) is 5. The van der Waals surface area contributed by atoms with Crippen LogP contribution < -0.4 is 10.6 Å². The Balaban J connectivity index is 2.65. The molecule has 0 radical (unpaired) electrons. The highest BCUT2D eigenvalue weighted by Crippen LogP contribution is 2.14. The molecule has 0 aromatic carbocycles. The number of carbonyl (C=O) groups is 1. The second kappa shape index (κ2) is 4.01. The Kier molecular flexibility index (Phi) is 3.21. The zero-order valence-corrected chi connectivity index (χ0v) is 7.27. The van der Waals surface area contributed by atoms with Crippen LogP contribution in [0, 0.1) is 0 Å². The van der Waals surface area contributed by atoms with Crippen LogP contribution in [-0.4, -0.2) is 59.2 Å². The quantitative estimate of drug-likeness (QED) is 0.315. The van der Waals surface area contributed by atoms with Gasteiger partial charge in [0.25, 0.3) is 0 Å². The number of aliphatic hydroxyl groups is 3. The van der Waals surface area contributed by atoms with Crippen LogP contribution >= 0.6 is 0 Å². The first-order valence-corrected chi connectivity index (χ1v) is 4.06. The van der Waals surface area contributed by atoms with E-state index in [-0.39, 0.29) is 6.61 Å². The highest BCUT2D eigenvalue weighted by Gasteiger charge is 2.43. The predicted octanol–water partition coefficient (Wildman–Crippen LogP) is -3.21. The molecule has 0 spiro atoms. The molecule has 0 bridgehead atoms.